The van der Waals surface area contributed by atoms with Gasteiger partial charge >= 0.3 is 5.97 Å². The Bertz CT molecular complexity index is 848. The molecule has 2 aromatic rings. The fraction of sp³-hybridized carbons (Fsp3) is 0.625. The lowest BCUT2D eigenvalue weighted by Crippen LogP contribution is -2.25. The Morgan fingerprint density at radius 3 is 2.29 bits per heavy atom. The number of benzene rings is 1. The van der Waals surface area contributed by atoms with Crippen molar-refractivity contribution in [2.75, 3.05) is 0 Å². The van der Waals surface area contributed by atoms with E-state index in [0.717, 1.165) is 55.2 Å². The van der Waals surface area contributed by atoms with Gasteiger partial charge < -0.3 is 4.74 Å². The molecule has 0 atom stereocenters. The highest BCUT2D eigenvalue weighted by Crippen LogP contribution is 2.33. The average Bonchev–Trinajstić information content (AvgIpc) is 2.87. The zero-order valence-corrected chi connectivity index (χ0v) is 22.4. The zero-order chi connectivity index (χ0) is 24.9. The van der Waals surface area contributed by atoms with Crippen LogP contribution in [0, 0.1) is 17.8 Å². The Hall–Kier alpha value is -2.16. The monoisotopic (exact) mass is 477 g/mol. The van der Waals surface area contributed by atoms with E-state index in [9.17, 15) is 4.79 Å². The molecule has 0 N–H and O–H groups in total. The van der Waals surface area contributed by atoms with Gasteiger partial charge in [0.15, 0.2) is 0 Å². The van der Waals surface area contributed by atoms with Gasteiger partial charge in [0.25, 0.3) is 0 Å². The van der Waals surface area contributed by atoms with Crippen molar-refractivity contribution >= 4 is 5.97 Å². The summed E-state index contributed by atoms with van der Waals surface area (Å²) in [5.74, 6) is 2.08. The second-order valence-corrected chi connectivity index (χ2v) is 11.1. The number of hydrogen-bond donors (Lipinski definition) is 0. The Kier molecular flexibility index (Phi) is 11.8. The summed E-state index contributed by atoms with van der Waals surface area (Å²) in [6.07, 6.45) is 19.0. The van der Waals surface area contributed by atoms with Gasteiger partial charge in [0.1, 0.15) is 5.75 Å². The summed E-state index contributed by atoms with van der Waals surface area (Å²) in [4.78, 5) is 17.2. The van der Waals surface area contributed by atoms with Gasteiger partial charge in [-0.1, -0.05) is 96.4 Å². The van der Waals surface area contributed by atoms with Crippen molar-refractivity contribution in [2.45, 2.75) is 111 Å². The summed E-state index contributed by atoms with van der Waals surface area (Å²) in [5, 5.41) is 0. The van der Waals surface area contributed by atoms with Gasteiger partial charge in [-0.2, -0.15) is 0 Å². The van der Waals surface area contributed by atoms with E-state index in [2.05, 4.69) is 50.0 Å². The van der Waals surface area contributed by atoms with Crippen molar-refractivity contribution < 1.29 is 9.53 Å². The van der Waals surface area contributed by atoms with E-state index in [4.69, 9.17) is 4.74 Å². The number of aromatic nitrogens is 1. The summed E-state index contributed by atoms with van der Waals surface area (Å²) >= 11 is 0. The molecule has 0 unspecified atom stereocenters. The summed E-state index contributed by atoms with van der Waals surface area (Å²) in [6.45, 7) is 6.85. The number of esters is 1. The van der Waals surface area contributed by atoms with Crippen molar-refractivity contribution in [1.82, 2.24) is 4.98 Å². The Balaban J connectivity index is 1.40. The number of rotatable bonds is 14. The van der Waals surface area contributed by atoms with Crippen molar-refractivity contribution in [3.8, 4) is 17.0 Å². The first-order chi connectivity index (χ1) is 17.0. The van der Waals surface area contributed by atoms with Gasteiger partial charge in [-0.25, -0.2) is 0 Å². The minimum atomic E-state index is -0.0840. The number of carbonyl (C=O) groups excluding carboxylic acids is 1. The standard InChI is InChI=1S/C32H47NO2/c1-4-5-6-7-8-9-12-26-14-18-28(19-15-26)31-23-22-30(24-33-31)35-32(34)29-20-16-27(17-21-29)13-10-11-25(2)3/h14-15,18-19,22-25,27,29H,4-13,16-17,20-21H2,1-3H3. The SMILES string of the molecule is CCCCCCCCc1ccc(-c2ccc(OC(=O)C3CCC(CCCC(C)C)CC3)cn2)cc1. The molecule has 0 bridgehead atoms. The number of carbonyl (C=O) groups is 1. The number of unbranched alkanes of at least 4 members (excludes halogenated alkanes) is 5. The predicted octanol–water partition coefficient (Wildman–Crippen LogP) is 9.19. The highest BCUT2D eigenvalue weighted by Gasteiger charge is 2.27. The molecule has 35 heavy (non-hydrogen) atoms. The highest BCUT2D eigenvalue weighted by atomic mass is 16.5. The van der Waals surface area contributed by atoms with Crippen LogP contribution in [0.2, 0.25) is 0 Å². The zero-order valence-electron chi connectivity index (χ0n) is 22.4. The van der Waals surface area contributed by atoms with Gasteiger partial charge in [-0.3, -0.25) is 9.78 Å². The molecule has 0 amide bonds. The Labute approximate surface area is 214 Å². The summed E-state index contributed by atoms with van der Waals surface area (Å²) in [6, 6.07) is 12.6. The van der Waals surface area contributed by atoms with E-state index in [0.29, 0.717) is 5.75 Å². The number of nitrogens with zero attached hydrogens (tertiary/aromatic N) is 1. The molecule has 0 spiro atoms. The van der Waals surface area contributed by atoms with E-state index in [-0.39, 0.29) is 11.9 Å². The van der Waals surface area contributed by atoms with Crippen LogP contribution in [-0.2, 0) is 11.2 Å². The van der Waals surface area contributed by atoms with E-state index in [1.54, 1.807) is 6.20 Å². The van der Waals surface area contributed by atoms with Crippen molar-refractivity contribution in [3.63, 3.8) is 0 Å². The molecule has 0 radical (unpaired) electrons. The molecule has 0 saturated heterocycles. The number of pyridine rings is 1. The first-order valence-electron chi connectivity index (χ1n) is 14.3. The molecule has 1 aliphatic rings. The fourth-order valence-corrected chi connectivity index (χ4v) is 5.26. The molecule has 1 saturated carbocycles. The van der Waals surface area contributed by atoms with E-state index in [1.807, 2.05) is 12.1 Å². The third kappa shape index (κ3) is 9.78. The first kappa shape index (κ1) is 27.4. The lowest BCUT2D eigenvalue weighted by Gasteiger charge is -2.27. The summed E-state index contributed by atoms with van der Waals surface area (Å²) in [7, 11) is 0. The second kappa shape index (κ2) is 15.1. The lowest BCUT2D eigenvalue weighted by molar-refractivity contribution is -0.140. The van der Waals surface area contributed by atoms with Gasteiger partial charge in [0.2, 0.25) is 0 Å². The summed E-state index contributed by atoms with van der Waals surface area (Å²) in [5.41, 5.74) is 3.41. The van der Waals surface area contributed by atoms with Crippen molar-refractivity contribution in [2.24, 2.45) is 17.8 Å². The maximum atomic E-state index is 12.7. The van der Waals surface area contributed by atoms with Gasteiger partial charge in [0.05, 0.1) is 17.8 Å². The third-order valence-corrected chi connectivity index (χ3v) is 7.60. The minimum absolute atomic E-state index is 0.0372. The van der Waals surface area contributed by atoms with Gasteiger partial charge in [0, 0.05) is 5.56 Å². The van der Waals surface area contributed by atoms with Crippen LogP contribution in [0.5, 0.6) is 5.75 Å². The number of aryl methyl sites for hydroxylation is 1. The van der Waals surface area contributed by atoms with Crippen LogP contribution < -0.4 is 4.74 Å². The normalized spacial score (nSPS) is 18.1. The molecule has 3 heteroatoms. The molecule has 1 fully saturated rings. The van der Waals surface area contributed by atoms with E-state index >= 15 is 0 Å². The van der Waals surface area contributed by atoms with Crippen LogP contribution in [0.25, 0.3) is 11.3 Å². The van der Waals surface area contributed by atoms with Crippen molar-refractivity contribution in [3.05, 3.63) is 48.2 Å². The average molecular weight is 478 g/mol. The van der Waals surface area contributed by atoms with Crippen molar-refractivity contribution in [1.29, 1.82) is 0 Å². The van der Waals surface area contributed by atoms with Crippen LogP contribution in [0.4, 0.5) is 0 Å². The summed E-state index contributed by atoms with van der Waals surface area (Å²) < 4.78 is 5.69. The fourth-order valence-electron chi connectivity index (χ4n) is 5.26. The smallest absolute Gasteiger partial charge is 0.314 e. The van der Waals surface area contributed by atoms with Gasteiger partial charge in [-0.15, -0.1) is 0 Å². The molecular formula is C32H47NO2. The Morgan fingerprint density at radius 1 is 0.914 bits per heavy atom. The number of ether oxygens (including phenoxy) is 1. The van der Waals surface area contributed by atoms with E-state index < -0.39 is 0 Å². The predicted molar refractivity (Wildman–Crippen MR) is 147 cm³/mol. The molecule has 1 heterocycles. The van der Waals surface area contributed by atoms with Crippen LogP contribution in [-0.4, -0.2) is 11.0 Å². The molecule has 1 aromatic heterocycles. The minimum Gasteiger partial charge on any atom is -0.425 e. The maximum Gasteiger partial charge on any atom is 0.314 e. The topological polar surface area (TPSA) is 39.2 Å². The molecular weight excluding hydrogens is 430 g/mol. The first-order valence-corrected chi connectivity index (χ1v) is 14.3. The molecule has 1 aromatic carbocycles. The maximum absolute atomic E-state index is 12.7. The number of hydrogen-bond acceptors (Lipinski definition) is 3. The third-order valence-electron chi connectivity index (χ3n) is 7.60. The van der Waals surface area contributed by atoms with Crippen LogP contribution in [0.15, 0.2) is 42.6 Å². The molecule has 3 rings (SSSR count). The van der Waals surface area contributed by atoms with Crippen LogP contribution in [0.1, 0.15) is 110 Å². The quantitative estimate of drug-likeness (QED) is 0.201. The second-order valence-electron chi connectivity index (χ2n) is 11.1. The molecule has 0 aliphatic heterocycles. The van der Waals surface area contributed by atoms with E-state index in [1.165, 1.54) is 63.4 Å². The largest absolute Gasteiger partial charge is 0.425 e. The van der Waals surface area contributed by atoms with Crippen LogP contribution in [0.3, 0.4) is 0 Å². The van der Waals surface area contributed by atoms with Gasteiger partial charge in [-0.05, 0) is 68.1 Å². The molecule has 192 valence electrons. The lowest BCUT2D eigenvalue weighted by atomic mass is 9.79. The highest BCUT2D eigenvalue weighted by molar-refractivity contribution is 5.75. The van der Waals surface area contributed by atoms with Crippen LogP contribution >= 0.6 is 0 Å². The molecule has 3 nitrogen and oxygen atoms in total. The Morgan fingerprint density at radius 2 is 1.63 bits per heavy atom. The molecule has 1 aliphatic carbocycles.